The van der Waals surface area contributed by atoms with Crippen LogP contribution in [0.3, 0.4) is 0 Å². The van der Waals surface area contributed by atoms with Crippen LogP contribution >= 0.6 is 0 Å². The normalized spacial score (nSPS) is 25.5. The highest BCUT2D eigenvalue weighted by atomic mass is 32.2. The zero-order valence-electron chi connectivity index (χ0n) is 33.5. The fraction of sp³-hybridized carbons (Fsp3) is 0.523. The van der Waals surface area contributed by atoms with Gasteiger partial charge in [-0.15, -0.1) is 0 Å². The molecule has 310 valence electrons. The maximum Gasteiger partial charge on any atom is 0.259 e. The summed E-state index contributed by atoms with van der Waals surface area (Å²) in [4.78, 5) is 65.2. The molecule has 3 fully saturated rings. The van der Waals surface area contributed by atoms with Gasteiger partial charge in [-0.05, 0) is 76.8 Å². The minimum Gasteiger partial charge on any atom is -0.497 e. The Kier molecular flexibility index (Phi) is 12.7. The minimum atomic E-state index is -3.91. The van der Waals surface area contributed by atoms with Crippen LogP contribution in [0.2, 0.25) is 0 Å². The van der Waals surface area contributed by atoms with Gasteiger partial charge in [0.1, 0.15) is 29.2 Å². The molecule has 3 aliphatic heterocycles. The summed E-state index contributed by atoms with van der Waals surface area (Å²) in [6, 6.07) is 16.0. The third-order valence-corrected chi connectivity index (χ3v) is 13.7. The average Bonchev–Trinajstić information content (AvgIpc) is 4.02. The van der Waals surface area contributed by atoms with Crippen LogP contribution in [0.1, 0.15) is 90.4 Å². The van der Waals surface area contributed by atoms with E-state index in [1.165, 1.54) is 11.8 Å². The van der Waals surface area contributed by atoms with Crippen LogP contribution in [-0.4, -0.2) is 96.5 Å². The number of nitrogens with one attached hydrogen (secondary N) is 2. The first kappa shape index (κ1) is 41.2. The predicted molar refractivity (Wildman–Crippen MR) is 220 cm³/mol. The second-order valence-electron chi connectivity index (χ2n) is 16.4. The molecule has 4 atom stereocenters. The molecule has 4 amide bonds. The van der Waals surface area contributed by atoms with Crippen LogP contribution in [0.4, 0.5) is 0 Å². The number of carbonyl (C=O) groups excluding carboxylic acids is 4. The van der Waals surface area contributed by atoms with Gasteiger partial charge in [0, 0.05) is 54.9 Å². The van der Waals surface area contributed by atoms with E-state index < -0.39 is 50.7 Å². The van der Waals surface area contributed by atoms with Gasteiger partial charge in [0.2, 0.25) is 27.7 Å². The molecule has 58 heavy (non-hydrogen) atoms. The number of nitrogens with zero attached hydrogens (tertiary/aromatic N) is 3. The average molecular weight is 814 g/mol. The maximum atomic E-state index is 14.8. The van der Waals surface area contributed by atoms with Crippen molar-refractivity contribution < 1.29 is 37.1 Å². The Labute approximate surface area is 341 Å². The summed E-state index contributed by atoms with van der Waals surface area (Å²) in [7, 11) is -2.32. The fourth-order valence-corrected chi connectivity index (χ4v) is 9.68. The van der Waals surface area contributed by atoms with Crippen LogP contribution in [0.25, 0.3) is 22.2 Å². The quantitative estimate of drug-likeness (QED) is 0.259. The van der Waals surface area contributed by atoms with Crippen molar-refractivity contribution in [2.24, 2.45) is 5.92 Å². The lowest BCUT2D eigenvalue weighted by atomic mass is 9.94. The van der Waals surface area contributed by atoms with Gasteiger partial charge in [0.15, 0.2) is 0 Å². The van der Waals surface area contributed by atoms with Gasteiger partial charge in [-0.3, -0.25) is 23.9 Å². The predicted octanol–water partition coefficient (Wildman–Crippen LogP) is 5.67. The van der Waals surface area contributed by atoms with E-state index in [1.807, 2.05) is 65.6 Å². The zero-order chi connectivity index (χ0) is 40.9. The highest BCUT2D eigenvalue weighted by Crippen LogP contribution is 2.36. The number of aromatic nitrogens is 1. The number of sulfonamides is 1. The molecule has 7 rings (SSSR count). The Bertz CT molecular complexity index is 2140. The molecule has 1 aromatic heterocycles. The molecule has 13 nitrogen and oxygen atoms in total. The first-order valence-electron chi connectivity index (χ1n) is 20.8. The number of hydrogen-bond acceptors (Lipinski definition) is 9. The maximum absolute atomic E-state index is 14.8. The van der Waals surface area contributed by atoms with Gasteiger partial charge in [-0.2, -0.15) is 0 Å². The molecule has 3 aromatic rings. The van der Waals surface area contributed by atoms with Crippen molar-refractivity contribution >= 4 is 44.6 Å². The Balaban J connectivity index is 1.22. The molecular formula is C44H55N5O8S. The molecule has 14 heteroatoms. The summed E-state index contributed by atoms with van der Waals surface area (Å²) < 4.78 is 40.3. The van der Waals surface area contributed by atoms with E-state index in [1.54, 1.807) is 13.2 Å². The number of rotatable bonds is 9. The van der Waals surface area contributed by atoms with E-state index in [0.29, 0.717) is 61.5 Å². The van der Waals surface area contributed by atoms with Crippen molar-refractivity contribution in [1.29, 1.82) is 0 Å². The largest absolute Gasteiger partial charge is 0.497 e. The number of allylic oxidation sites excluding steroid dienone is 1. The van der Waals surface area contributed by atoms with E-state index in [-0.39, 0.29) is 37.6 Å². The molecule has 2 N–H and O–H groups in total. The number of methoxy groups -OCH3 is 1. The number of hydrogen-bond donors (Lipinski definition) is 2. The zero-order valence-corrected chi connectivity index (χ0v) is 34.3. The molecule has 2 aromatic carbocycles. The van der Waals surface area contributed by atoms with Crippen LogP contribution in [0.15, 0.2) is 66.7 Å². The van der Waals surface area contributed by atoms with E-state index in [2.05, 4.69) is 10.0 Å². The van der Waals surface area contributed by atoms with Crippen molar-refractivity contribution in [3.63, 3.8) is 0 Å². The Hall–Kier alpha value is -4.98. The summed E-state index contributed by atoms with van der Waals surface area (Å²) in [6.07, 6.45) is 10.8. The Morgan fingerprint density at radius 3 is 2.45 bits per heavy atom. The van der Waals surface area contributed by atoms with Crippen molar-refractivity contribution in [3.8, 4) is 22.8 Å². The Morgan fingerprint density at radius 1 is 0.948 bits per heavy atom. The summed E-state index contributed by atoms with van der Waals surface area (Å²) in [5.74, 6) is -1.30. The van der Waals surface area contributed by atoms with Crippen molar-refractivity contribution in [2.75, 3.05) is 26.7 Å². The SMILES string of the molecule is COc1ccc2c(O[C@@H]3C[C@H]4C(=O)N[C@@](C)(C(=O)NS(=O)(=O)C5CC5)C/C=C\CCCCC[C@H](CC(=O)N5CCCCC5)C(=O)N4C3)cc(-c3ccccc3)nc2c1. The number of likely N-dealkylation sites (tertiary alicyclic amines) is 1. The van der Waals surface area contributed by atoms with Gasteiger partial charge >= 0.3 is 0 Å². The van der Waals surface area contributed by atoms with Gasteiger partial charge < -0.3 is 24.6 Å². The van der Waals surface area contributed by atoms with Crippen molar-refractivity contribution in [2.45, 2.75) is 113 Å². The lowest BCUT2D eigenvalue weighted by molar-refractivity contribution is -0.146. The van der Waals surface area contributed by atoms with Crippen LogP contribution in [0, 0.1) is 5.92 Å². The smallest absolute Gasteiger partial charge is 0.259 e. The molecule has 0 spiro atoms. The van der Waals surface area contributed by atoms with Crippen molar-refractivity contribution in [1.82, 2.24) is 24.8 Å². The molecule has 4 aliphatic rings. The van der Waals surface area contributed by atoms with E-state index in [4.69, 9.17) is 14.5 Å². The summed E-state index contributed by atoms with van der Waals surface area (Å²) >= 11 is 0. The first-order valence-corrected chi connectivity index (χ1v) is 22.3. The monoisotopic (exact) mass is 813 g/mol. The molecule has 1 aliphatic carbocycles. The van der Waals surface area contributed by atoms with Crippen molar-refractivity contribution in [3.05, 3.63) is 66.7 Å². The minimum absolute atomic E-state index is 0.0471. The molecule has 2 saturated heterocycles. The number of carbonyl (C=O) groups is 4. The number of benzene rings is 2. The lowest BCUT2D eigenvalue weighted by Crippen LogP contribution is -2.61. The topological polar surface area (TPSA) is 164 Å². The Morgan fingerprint density at radius 2 is 1.71 bits per heavy atom. The van der Waals surface area contributed by atoms with E-state index >= 15 is 0 Å². The number of piperidine rings is 1. The number of pyridine rings is 1. The molecular weight excluding hydrogens is 759 g/mol. The molecule has 4 heterocycles. The van der Waals surface area contributed by atoms with Gasteiger partial charge in [0.25, 0.3) is 5.91 Å². The lowest BCUT2D eigenvalue weighted by Gasteiger charge is -2.33. The van der Waals surface area contributed by atoms with Gasteiger partial charge in [-0.25, -0.2) is 13.4 Å². The first-order chi connectivity index (χ1) is 27.9. The van der Waals surface area contributed by atoms with E-state index in [9.17, 15) is 27.6 Å². The second-order valence-corrected chi connectivity index (χ2v) is 18.4. The van der Waals surface area contributed by atoms with Crippen LogP contribution in [0.5, 0.6) is 11.5 Å². The molecule has 0 bridgehead atoms. The fourth-order valence-electron chi connectivity index (χ4n) is 8.27. The highest BCUT2D eigenvalue weighted by molar-refractivity contribution is 7.91. The van der Waals surface area contributed by atoms with Gasteiger partial charge in [-0.1, -0.05) is 55.3 Å². The standard InChI is InChI=1S/C44H55N5O8S/c1-44(43(53)47-58(54,55)34-19-20-34)22-12-6-4-3-5-9-17-31(25-40(50)48-23-13-8-14-24-48)42(52)49-29-33(27-38(49)41(51)46-44)57-39-28-36(30-15-10-7-11-16-30)45-37-26-32(56-2)18-21-35(37)39/h6-7,10-12,15-16,18,21,26,28,31,33-34,38H,3-5,8-9,13-14,17,19-20,22-25,27,29H2,1-2H3,(H,46,51)(H,47,53)/b12-6-/t31-,33-,38+,44-/m1/s1. The summed E-state index contributed by atoms with van der Waals surface area (Å²) in [5.41, 5.74) is 0.551. The molecule has 1 saturated carbocycles. The molecule has 0 unspecified atom stereocenters. The summed E-state index contributed by atoms with van der Waals surface area (Å²) in [5, 5.41) is 2.97. The summed E-state index contributed by atoms with van der Waals surface area (Å²) in [6.45, 7) is 2.92. The number of ether oxygens (including phenoxy) is 2. The highest BCUT2D eigenvalue weighted by Gasteiger charge is 2.47. The third-order valence-electron chi connectivity index (χ3n) is 11.9. The van der Waals surface area contributed by atoms with E-state index in [0.717, 1.165) is 49.5 Å². The number of amides is 4. The third kappa shape index (κ3) is 9.65. The number of fused-ring (bicyclic) bond motifs is 2. The van der Waals surface area contributed by atoms with Crippen LogP contribution < -0.4 is 19.5 Å². The van der Waals surface area contributed by atoms with Gasteiger partial charge in [0.05, 0.1) is 30.1 Å². The molecule has 0 radical (unpaired) electrons. The van der Waals surface area contributed by atoms with Crippen LogP contribution in [-0.2, 0) is 29.2 Å². The second kappa shape index (κ2) is 17.9.